The zero-order valence-corrected chi connectivity index (χ0v) is 28.0. The number of piperidine rings is 1. The first-order valence-corrected chi connectivity index (χ1v) is 16.8. The summed E-state index contributed by atoms with van der Waals surface area (Å²) < 4.78 is 7.86. The second kappa shape index (κ2) is 13.9. The molecule has 4 aromatic rings. The molecular formula is C35H35Cl4N3O3. The molecule has 1 N–H and O–H groups in total. The number of aryl methyl sites for hydroxylation is 1. The molecule has 236 valence electrons. The Labute approximate surface area is 283 Å². The normalized spacial score (nSPS) is 19.6. The van der Waals surface area contributed by atoms with Gasteiger partial charge in [-0.05, 0) is 80.0 Å². The van der Waals surface area contributed by atoms with Crippen molar-refractivity contribution in [2.75, 3.05) is 13.7 Å². The number of benzene rings is 3. The molecule has 1 aromatic heterocycles. The summed E-state index contributed by atoms with van der Waals surface area (Å²) in [5.41, 5.74) is 2.99. The highest BCUT2D eigenvalue weighted by molar-refractivity contribution is 6.42. The molecule has 45 heavy (non-hydrogen) atoms. The molecule has 6 rings (SSSR count). The molecule has 10 heteroatoms. The minimum absolute atomic E-state index is 0.113. The smallest absolute Gasteiger partial charge is 0.253 e. The Morgan fingerprint density at radius 2 is 1.64 bits per heavy atom. The summed E-state index contributed by atoms with van der Waals surface area (Å²) in [7, 11) is 1.66. The van der Waals surface area contributed by atoms with E-state index in [-0.39, 0.29) is 11.7 Å². The van der Waals surface area contributed by atoms with Crippen LogP contribution in [0.2, 0.25) is 20.1 Å². The highest BCUT2D eigenvalue weighted by Gasteiger charge is 2.40. The lowest BCUT2D eigenvalue weighted by Gasteiger charge is -2.39. The van der Waals surface area contributed by atoms with Gasteiger partial charge in [0.2, 0.25) is 0 Å². The summed E-state index contributed by atoms with van der Waals surface area (Å²) in [6.45, 7) is 2.06. The fourth-order valence-electron chi connectivity index (χ4n) is 7.21. The van der Waals surface area contributed by atoms with Gasteiger partial charge in [-0.1, -0.05) is 64.6 Å². The van der Waals surface area contributed by atoms with Crippen LogP contribution >= 0.6 is 46.4 Å². The summed E-state index contributed by atoms with van der Waals surface area (Å²) in [5, 5.41) is 5.80. The maximum atomic E-state index is 13.4. The lowest BCUT2D eigenvalue weighted by molar-refractivity contribution is 0.0807. The topological polar surface area (TPSA) is 63.6 Å². The molecule has 0 spiro atoms. The number of rotatable bonds is 11. The number of nitrogens with zero attached hydrogens (tertiary/aromatic N) is 2. The number of carbonyl (C=O) groups is 2. The molecule has 0 saturated carbocycles. The van der Waals surface area contributed by atoms with Crippen molar-refractivity contribution in [3.63, 3.8) is 0 Å². The van der Waals surface area contributed by atoms with Crippen molar-refractivity contribution in [3.8, 4) is 5.75 Å². The van der Waals surface area contributed by atoms with Gasteiger partial charge in [0.15, 0.2) is 5.78 Å². The van der Waals surface area contributed by atoms with Gasteiger partial charge in [-0.3, -0.25) is 14.5 Å². The van der Waals surface area contributed by atoms with E-state index >= 15 is 0 Å². The molecule has 3 atom stereocenters. The number of para-hydroxylation sites is 1. The summed E-state index contributed by atoms with van der Waals surface area (Å²) in [6, 6.07) is 17.2. The monoisotopic (exact) mass is 685 g/mol. The predicted octanol–water partition coefficient (Wildman–Crippen LogP) is 9.10. The van der Waals surface area contributed by atoms with E-state index in [0.717, 1.165) is 54.6 Å². The number of ether oxygens (including phenoxy) is 1. The average Bonchev–Trinajstić information content (AvgIpc) is 3.50. The highest BCUT2D eigenvalue weighted by atomic mass is 35.5. The van der Waals surface area contributed by atoms with Gasteiger partial charge in [0.25, 0.3) is 5.91 Å². The van der Waals surface area contributed by atoms with Gasteiger partial charge < -0.3 is 14.6 Å². The highest BCUT2D eigenvalue weighted by Crippen LogP contribution is 2.41. The van der Waals surface area contributed by atoms with Gasteiger partial charge in [0.05, 0.1) is 28.2 Å². The Hall–Kier alpha value is -2.74. The molecule has 1 amide bonds. The number of Topliss-reactive ketones (excluding diaryl/α,β-unsaturated/α-hetero) is 1. The Balaban J connectivity index is 1.09. The molecule has 2 aliphatic heterocycles. The third-order valence-corrected chi connectivity index (χ3v) is 10.4. The molecule has 0 aliphatic carbocycles. The second-order valence-corrected chi connectivity index (χ2v) is 13.8. The Bertz CT molecular complexity index is 1700. The Morgan fingerprint density at radius 1 is 0.911 bits per heavy atom. The predicted molar refractivity (Wildman–Crippen MR) is 182 cm³/mol. The van der Waals surface area contributed by atoms with Gasteiger partial charge >= 0.3 is 0 Å². The summed E-state index contributed by atoms with van der Waals surface area (Å²) >= 11 is 24.5. The van der Waals surface area contributed by atoms with Crippen LogP contribution in [0.15, 0.2) is 60.8 Å². The third-order valence-electron chi connectivity index (χ3n) is 9.22. The number of nitrogens with one attached hydrogen (secondary N) is 1. The van der Waals surface area contributed by atoms with Crippen LogP contribution in [0, 0.1) is 5.92 Å². The van der Waals surface area contributed by atoms with E-state index in [9.17, 15) is 9.59 Å². The minimum Gasteiger partial charge on any atom is -0.495 e. The number of hydrogen-bond donors (Lipinski definition) is 1. The van der Waals surface area contributed by atoms with Crippen LogP contribution in [0.25, 0.3) is 10.9 Å². The number of carbonyl (C=O) groups excluding carboxylic acids is 2. The maximum absolute atomic E-state index is 13.4. The molecule has 6 nitrogen and oxygen atoms in total. The van der Waals surface area contributed by atoms with Crippen LogP contribution in [-0.2, 0) is 13.1 Å². The number of halogens is 4. The Morgan fingerprint density at radius 3 is 2.33 bits per heavy atom. The molecule has 2 bridgehead atoms. The Kier molecular flexibility index (Phi) is 9.98. The van der Waals surface area contributed by atoms with Crippen molar-refractivity contribution in [1.82, 2.24) is 14.8 Å². The number of hydrogen-bond acceptors (Lipinski definition) is 4. The fourth-order valence-corrected chi connectivity index (χ4v) is 8.06. The van der Waals surface area contributed by atoms with Crippen LogP contribution in [0.3, 0.4) is 0 Å². The number of fused-ring (bicyclic) bond motifs is 3. The molecule has 2 aliphatic rings. The van der Waals surface area contributed by atoms with E-state index in [4.69, 9.17) is 51.1 Å². The van der Waals surface area contributed by atoms with E-state index in [1.807, 2.05) is 30.5 Å². The maximum Gasteiger partial charge on any atom is 0.253 e. The zero-order valence-electron chi connectivity index (χ0n) is 25.0. The summed E-state index contributed by atoms with van der Waals surface area (Å²) in [4.78, 5) is 29.0. The van der Waals surface area contributed by atoms with Crippen molar-refractivity contribution >= 4 is 69.0 Å². The zero-order chi connectivity index (χ0) is 31.7. The fraction of sp³-hybridized carbons (Fsp3) is 0.371. The van der Waals surface area contributed by atoms with Gasteiger partial charge in [-0.25, -0.2) is 0 Å². The van der Waals surface area contributed by atoms with Crippen molar-refractivity contribution in [3.05, 3.63) is 97.6 Å². The largest absolute Gasteiger partial charge is 0.495 e. The minimum atomic E-state index is -0.159. The van der Waals surface area contributed by atoms with Gasteiger partial charge in [-0.15, -0.1) is 0 Å². The first kappa shape index (κ1) is 32.2. The first-order chi connectivity index (χ1) is 21.7. The lowest BCUT2D eigenvalue weighted by atomic mass is 9.85. The second-order valence-electron chi connectivity index (χ2n) is 12.1. The SMILES string of the molecule is COc1cccc2c(C(=O)NCc3ccc(Cl)c(Cl)c3)cn(CCCN3[C@@H]4CC[C@H]3CC(CC(=O)c3cc(Cl)cc(Cl)c3)C4)c12. The van der Waals surface area contributed by atoms with Gasteiger partial charge in [-0.2, -0.15) is 0 Å². The molecule has 0 radical (unpaired) electrons. The van der Waals surface area contributed by atoms with Crippen molar-refractivity contribution in [2.24, 2.45) is 5.92 Å². The van der Waals surface area contributed by atoms with Crippen molar-refractivity contribution in [1.29, 1.82) is 0 Å². The number of amides is 1. The quantitative estimate of drug-likeness (QED) is 0.160. The van der Waals surface area contributed by atoms with Crippen molar-refractivity contribution < 1.29 is 14.3 Å². The van der Waals surface area contributed by atoms with Crippen LogP contribution in [0.5, 0.6) is 5.75 Å². The van der Waals surface area contributed by atoms with E-state index in [1.165, 1.54) is 12.8 Å². The average molecular weight is 687 g/mol. The number of ketones is 1. The molecule has 2 fully saturated rings. The van der Waals surface area contributed by atoms with Crippen LogP contribution < -0.4 is 10.1 Å². The van der Waals surface area contributed by atoms with E-state index < -0.39 is 0 Å². The van der Waals surface area contributed by atoms with E-state index in [2.05, 4.69) is 14.8 Å². The summed E-state index contributed by atoms with van der Waals surface area (Å²) in [5.74, 6) is 1.06. The molecule has 1 unspecified atom stereocenters. The number of methoxy groups -OCH3 is 1. The van der Waals surface area contributed by atoms with Gasteiger partial charge in [0, 0.05) is 65.3 Å². The van der Waals surface area contributed by atoms with Crippen LogP contribution in [0.1, 0.15) is 64.8 Å². The lowest BCUT2D eigenvalue weighted by Crippen LogP contribution is -2.43. The van der Waals surface area contributed by atoms with Crippen molar-refractivity contribution in [2.45, 2.75) is 63.7 Å². The van der Waals surface area contributed by atoms with E-state index in [1.54, 1.807) is 37.4 Å². The molecule has 3 aromatic carbocycles. The van der Waals surface area contributed by atoms with Gasteiger partial charge in [0.1, 0.15) is 5.75 Å². The number of aromatic nitrogens is 1. The summed E-state index contributed by atoms with van der Waals surface area (Å²) in [6.07, 6.45) is 7.79. The standard InChI is InChI=1S/C35H35Cl4N3O3/c1-45-33-5-2-4-28-29(35(44)40-19-21-6-9-30(38)31(39)14-21)20-41(34(28)33)10-3-11-42-26-7-8-27(42)13-22(12-26)15-32(43)23-16-24(36)18-25(37)17-23/h2,4-6,9,14,16-18,20,22,26-27H,3,7-8,10-13,15,19H2,1H3,(H,40,44)/t22?,26-,27+. The van der Waals surface area contributed by atoms with Crippen LogP contribution in [-0.4, -0.2) is 46.9 Å². The first-order valence-electron chi connectivity index (χ1n) is 15.3. The van der Waals surface area contributed by atoms with Crippen LogP contribution in [0.4, 0.5) is 0 Å². The molecule has 2 saturated heterocycles. The molecule has 3 heterocycles. The van der Waals surface area contributed by atoms with E-state index in [0.29, 0.717) is 62.2 Å². The molecular weight excluding hydrogens is 652 g/mol. The third kappa shape index (κ3) is 7.16.